The maximum absolute atomic E-state index is 13.4. The molecular weight excluding hydrogens is 380 g/mol. The Labute approximate surface area is 180 Å². The first-order valence-electron chi connectivity index (χ1n) is 11.8. The van der Waals surface area contributed by atoms with Gasteiger partial charge in [0.05, 0.1) is 5.60 Å². The van der Waals surface area contributed by atoms with Crippen molar-refractivity contribution < 1.29 is 9.90 Å². The second kappa shape index (κ2) is 7.09. The summed E-state index contributed by atoms with van der Waals surface area (Å²) in [5, 5.41) is 11.3. The van der Waals surface area contributed by atoms with Gasteiger partial charge in [0.15, 0.2) is 5.78 Å². The molecule has 8 atom stereocenters. The minimum absolute atomic E-state index is 0.158. The van der Waals surface area contributed by atoms with Crippen molar-refractivity contribution in [2.45, 2.75) is 77.2 Å². The second-order valence-corrected chi connectivity index (χ2v) is 11.7. The molecule has 4 aliphatic carbocycles. The van der Waals surface area contributed by atoms with Crippen LogP contribution in [-0.4, -0.2) is 16.5 Å². The molecule has 4 aliphatic rings. The Kier molecular flexibility index (Phi) is 4.91. The number of hydrogen-bond acceptors (Lipinski definition) is 2. The highest BCUT2D eigenvalue weighted by Crippen LogP contribution is 2.64. The summed E-state index contributed by atoms with van der Waals surface area (Å²) in [4.78, 5) is 13.4. The molecule has 2 nitrogen and oxygen atoms in total. The molecule has 1 aromatic carbocycles. The van der Waals surface area contributed by atoms with Crippen molar-refractivity contribution >= 4 is 17.4 Å². The predicted octanol–water partition coefficient (Wildman–Crippen LogP) is 6.54. The van der Waals surface area contributed by atoms with E-state index in [0.717, 1.165) is 48.5 Å². The lowest BCUT2D eigenvalue weighted by molar-refractivity contribution is -0.0976. The molecule has 1 aromatic rings. The smallest absolute Gasteiger partial charge is 0.166 e. The lowest BCUT2D eigenvalue weighted by atomic mass is 9.49. The number of carbonyl (C=O) groups excluding carboxylic acids is 1. The van der Waals surface area contributed by atoms with E-state index in [1.54, 1.807) is 0 Å². The summed E-state index contributed by atoms with van der Waals surface area (Å²) in [5.74, 6) is 4.35. The molecule has 0 unspecified atom stereocenters. The van der Waals surface area contributed by atoms with Crippen LogP contribution in [0.25, 0.3) is 0 Å². The molecule has 0 saturated heterocycles. The van der Waals surface area contributed by atoms with Gasteiger partial charge in [0.25, 0.3) is 0 Å². The molecule has 0 spiro atoms. The van der Waals surface area contributed by atoms with Gasteiger partial charge in [-0.25, -0.2) is 0 Å². The fourth-order valence-electron chi connectivity index (χ4n) is 8.33. The minimum atomic E-state index is -0.444. The third-order valence-electron chi connectivity index (χ3n) is 9.68. The zero-order valence-electron chi connectivity index (χ0n) is 17.9. The standard InChI is InChI=1S/C26H35ClO2/c1-25(29)13-11-19-17(15-25)5-8-21-20(19)12-14-26(2)22(21)9-10-23(26)24(28)16-3-6-18(27)7-4-16/h3-4,6-7,17,19-23,29H,5,8-15H2,1-2H3/t17-,19+,20-,21-,22+,23-,25-,26+/m1/s1. The van der Waals surface area contributed by atoms with Gasteiger partial charge in [0, 0.05) is 16.5 Å². The largest absolute Gasteiger partial charge is 0.390 e. The first kappa shape index (κ1) is 20.1. The Balaban J connectivity index is 1.36. The molecule has 0 radical (unpaired) electrons. The Morgan fingerprint density at radius 2 is 1.66 bits per heavy atom. The molecule has 5 rings (SSSR count). The van der Waals surface area contributed by atoms with Gasteiger partial charge < -0.3 is 5.11 Å². The SMILES string of the molecule is C[C@@]1(O)CC[C@H]2[C@H](CC[C@@H]3[C@@H]2CC[C@]2(C)[C@@H](C(=O)c4ccc(Cl)cc4)CC[C@@H]32)C1. The van der Waals surface area contributed by atoms with E-state index in [2.05, 4.69) is 6.92 Å². The van der Waals surface area contributed by atoms with Crippen molar-refractivity contribution in [2.75, 3.05) is 0 Å². The maximum atomic E-state index is 13.4. The number of rotatable bonds is 2. The molecule has 158 valence electrons. The van der Waals surface area contributed by atoms with Crippen LogP contribution >= 0.6 is 11.6 Å². The van der Waals surface area contributed by atoms with E-state index in [4.69, 9.17) is 11.6 Å². The number of fused-ring (bicyclic) bond motifs is 5. The zero-order chi connectivity index (χ0) is 20.4. The number of aliphatic hydroxyl groups is 1. The minimum Gasteiger partial charge on any atom is -0.390 e. The van der Waals surface area contributed by atoms with Gasteiger partial charge in [-0.1, -0.05) is 18.5 Å². The van der Waals surface area contributed by atoms with Crippen LogP contribution in [0.4, 0.5) is 0 Å². The van der Waals surface area contributed by atoms with Crippen LogP contribution < -0.4 is 0 Å². The highest BCUT2D eigenvalue weighted by Gasteiger charge is 2.58. The van der Waals surface area contributed by atoms with Crippen molar-refractivity contribution in [3.63, 3.8) is 0 Å². The third-order valence-corrected chi connectivity index (χ3v) is 9.93. The summed E-state index contributed by atoms with van der Waals surface area (Å²) in [6, 6.07) is 7.51. The van der Waals surface area contributed by atoms with Gasteiger partial charge in [-0.3, -0.25) is 4.79 Å². The van der Waals surface area contributed by atoms with E-state index in [1.165, 1.54) is 38.5 Å². The quantitative estimate of drug-likeness (QED) is 0.557. The van der Waals surface area contributed by atoms with Crippen LogP contribution in [0.3, 0.4) is 0 Å². The van der Waals surface area contributed by atoms with Crippen LogP contribution in [0.1, 0.15) is 82.0 Å². The Morgan fingerprint density at radius 1 is 0.931 bits per heavy atom. The highest BCUT2D eigenvalue weighted by atomic mass is 35.5. The molecule has 3 heteroatoms. The van der Waals surface area contributed by atoms with E-state index in [-0.39, 0.29) is 11.3 Å². The summed E-state index contributed by atoms with van der Waals surface area (Å²) in [7, 11) is 0. The first-order chi connectivity index (χ1) is 13.8. The fourth-order valence-corrected chi connectivity index (χ4v) is 8.45. The monoisotopic (exact) mass is 414 g/mol. The summed E-state index contributed by atoms with van der Waals surface area (Å²) in [6.07, 6.45) is 10.5. The van der Waals surface area contributed by atoms with Crippen LogP contribution in [0.15, 0.2) is 24.3 Å². The summed E-state index contributed by atoms with van der Waals surface area (Å²) in [5.41, 5.74) is 0.549. The molecule has 0 amide bonds. The highest BCUT2D eigenvalue weighted by molar-refractivity contribution is 6.30. The number of benzene rings is 1. The van der Waals surface area contributed by atoms with Gasteiger partial charge in [-0.05, 0) is 124 Å². The normalized spacial score (nSPS) is 46.5. The van der Waals surface area contributed by atoms with Crippen LogP contribution in [-0.2, 0) is 0 Å². The fraction of sp³-hybridized carbons (Fsp3) is 0.731. The summed E-state index contributed by atoms with van der Waals surface area (Å²) < 4.78 is 0. The second-order valence-electron chi connectivity index (χ2n) is 11.2. The van der Waals surface area contributed by atoms with Gasteiger partial charge in [-0.2, -0.15) is 0 Å². The Morgan fingerprint density at radius 3 is 2.41 bits per heavy atom. The predicted molar refractivity (Wildman–Crippen MR) is 117 cm³/mol. The van der Waals surface area contributed by atoms with Crippen molar-refractivity contribution in [3.8, 4) is 0 Å². The van der Waals surface area contributed by atoms with Crippen molar-refractivity contribution in [1.82, 2.24) is 0 Å². The molecule has 0 aromatic heterocycles. The lowest BCUT2D eigenvalue weighted by Gasteiger charge is -2.56. The van der Waals surface area contributed by atoms with Crippen molar-refractivity contribution in [3.05, 3.63) is 34.9 Å². The van der Waals surface area contributed by atoms with Crippen molar-refractivity contribution in [2.24, 2.45) is 40.9 Å². The molecule has 1 N–H and O–H groups in total. The van der Waals surface area contributed by atoms with E-state index < -0.39 is 5.60 Å². The summed E-state index contributed by atoms with van der Waals surface area (Å²) >= 11 is 6.04. The van der Waals surface area contributed by atoms with Crippen LogP contribution in [0, 0.1) is 40.9 Å². The molecular formula is C26H35ClO2. The van der Waals surface area contributed by atoms with E-state index in [9.17, 15) is 9.90 Å². The maximum Gasteiger partial charge on any atom is 0.166 e. The Bertz CT molecular complexity index is 784. The molecule has 0 aliphatic heterocycles. The van der Waals surface area contributed by atoms with Gasteiger partial charge in [0.1, 0.15) is 0 Å². The van der Waals surface area contributed by atoms with Gasteiger partial charge in [-0.15, -0.1) is 0 Å². The zero-order valence-corrected chi connectivity index (χ0v) is 18.6. The third kappa shape index (κ3) is 3.30. The molecule has 29 heavy (non-hydrogen) atoms. The van der Waals surface area contributed by atoms with Crippen LogP contribution in [0.2, 0.25) is 5.02 Å². The molecule has 0 heterocycles. The number of ketones is 1. The van der Waals surface area contributed by atoms with Gasteiger partial charge in [0.2, 0.25) is 0 Å². The average molecular weight is 415 g/mol. The lowest BCUT2D eigenvalue weighted by Crippen LogP contribution is -2.51. The van der Waals surface area contributed by atoms with E-state index >= 15 is 0 Å². The topological polar surface area (TPSA) is 37.3 Å². The number of Topliss-reactive ketones (excluding diaryl/α,β-unsaturated/α-hetero) is 1. The number of halogens is 1. The Hall–Kier alpha value is -0.860. The van der Waals surface area contributed by atoms with Crippen molar-refractivity contribution in [1.29, 1.82) is 0 Å². The van der Waals surface area contributed by atoms with E-state index in [1.807, 2.05) is 31.2 Å². The van der Waals surface area contributed by atoms with Gasteiger partial charge >= 0.3 is 0 Å². The average Bonchev–Trinajstić information content (AvgIpc) is 3.04. The van der Waals surface area contributed by atoms with Crippen LogP contribution in [0.5, 0.6) is 0 Å². The molecule has 0 bridgehead atoms. The molecule has 4 saturated carbocycles. The number of carbonyl (C=O) groups is 1. The van der Waals surface area contributed by atoms with E-state index in [0.29, 0.717) is 16.7 Å². The summed E-state index contributed by atoms with van der Waals surface area (Å²) in [6.45, 7) is 4.47. The first-order valence-corrected chi connectivity index (χ1v) is 12.2. The number of hydrogen-bond donors (Lipinski definition) is 1. The molecule has 4 fully saturated rings.